The van der Waals surface area contributed by atoms with Crippen LogP contribution < -0.4 is 5.73 Å². The van der Waals surface area contributed by atoms with Gasteiger partial charge in [-0.15, -0.1) is 3.71 Å². The normalized spacial score (nSPS) is 13.0. The molecule has 2 aromatic carbocycles. The van der Waals surface area contributed by atoms with Crippen molar-refractivity contribution in [1.29, 1.82) is 5.41 Å². The first kappa shape index (κ1) is 23.8. The third-order valence-corrected chi connectivity index (χ3v) is 10.5. The molecule has 30 heavy (non-hydrogen) atoms. The van der Waals surface area contributed by atoms with Crippen LogP contribution in [0.5, 0.6) is 0 Å². The molecule has 3 N–H and O–H groups in total. The van der Waals surface area contributed by atoms with Gasteiger partial charge in [0, 0.05) is 12.5 Å². The Labute approximate surface area is 174 Å². The van der Waals surface area contributed by atoms with Gasteiger partial charge in [-0.1, -0.05) is 24.3 Å². The maximum atomic E-state index is 13.1. The maximum absolute atomic E-state index is 13.1. The van der Waals surface area contributed by atoms with Gasteiger partial charge in [-0.3, -0.25) is 5.41 Å². The molecule has 0 aliphatic heterocycles. The fourth-order valence-corrected chi connectivity index (χ4v) is 9.10. The summed E-state index contributed by atoms with van der Waals surface area (Å²) in [5.74, 6) is -1.48. The zero-order valence-corrected chi connectivity index (χ0v) is 18.8. The Morgan fingerprint density at radius 1 is 0.667 bits per heavy atom. The summed E-state index contributed by atoms with van der Waals surface area (Å²) in [6, 6.07) is 8.30. The summed E-state index contributed by atoms with van der Waals surface area (Å²) in [6.07, 6.45) is 1.43. The molecule has 0 bridgehead atoms. The first-order valence-electron chi connectivity index (χ1n) is 7.75. The summed E-state index contributed by atoms with van der Waals surface area (Å²) >= 11 is 0. The Kier molecular flexibility index (Phi) is 6.06. The van der Waals surface area contributed by atoms with Gasteiger partial charge in [-0.2, -0.15) is 16.8 Å². The Morgan fingerprint density at radius 2 is 0.933 bits per heavy atom. The molecular formula is C15H17N3O8S4. The number of benzene rings is 2. The Bertz CT molecular complexity index is 1340. The Hall–Kier alpha value is -2.49. The van der Waals surface area contributed by atoms with Crippen molar-refractivity contribution >= 4 is 45.7 Å². The minimum absolute atomic E-state index is 0.506. The molecule has 0 saturated heterocycles. The molecule has 0 amide bonds. The van der Waals surface area contributed by atoms with E-state index < -0.39 is 69.0 Å². The van der Waals surface area contributed by atoms with Crippen molar-refractivity contribution in [2.75, 3.05) is 12.5 Å². The van der Waals surface area contributed by atoms with E-state index in [-0.39, 0.29) is 0 Å². The van der Waals surface area contributed by atoms with Crippen molar-refractivity contribution in [2.24, 2.45) is 5.73 Å². The van der Waals surface area contributed by atoms with Gasteiger partial charge in [0.15, 0.2) is 19.7 Å². The number of hydrogen-bond donors (Lipinski definition) is 2. The first-order chi connectivity index (χ1) is 13.5. The minimum Gasteiger partial charge on any atom is -0.368 e. The van der Waals surface area contributed by atoms with Gasteiger partial charge in [-0.05, 0) is 24.3 Å². The lowest BCUT2D eigenvalue weighted by molar-refractivity contribution is 0.538. The molecule has 0 saturated carbocycles. The summed E-state index contributed by atoms with van der Waals surface area (Å²) in [7, 11) is -18.8. The number of rotatable bonds is 6. The molecule has 0 heterocycles. The van der Waals surface area contributed by atoms with Gasteiger partial charge >= 0.3 is 0 Å². The van der Waals surface area contributed by atoms with Crippen LogP contribution in [0.1, 0.15) is 0 Å². The van der Waals surface area contributed by atoms with Gasteiger partial charge in [-0.25, -0.2) is 16.8 Å². The standard InChI is InChI=1S/C15H17N3O8S4/c1-27(19,20)11-7-3-5-9-13(11)29(23,24)18(15(16)17)30(25,26)14-10-6-4-8-12(14)28(2,21)22/h3-10H,1-2H3,(H3,16,17). The highest BCUT2D eigenvalue weighted by atomic mass is 32.3. The number of nitrogens with one attached hydrogen (secondary N) is 1. The van der Waals surface area contributed by atoms with Crippen LogP contribution in [0.3, 0.4) is 0 Å². The van der Waals surface area contributed by atoms with Gasteiger partial charge in [0.05, 0.1) is 9.79 Å². The van der Waals surface area contributed by atoms with Crippen molar-refractivity contribution < 1.29 is 33.7 Å². The molecule has 0 radical (unpaired) electrons. The molecule has 0 aliphatic rings. The summed E-state index contributed by atoms with van der Waals surface area (Å²) in [5, 5.41) is 7.56. The molecular weight excluding hydrogens is 478 g/mol. The van der Waals surface area contributed by atoms with E-state index in [1.54, 1.807) is 0 Å². The molecule has 11 nitrogen and oxygen atoms in total. The number of sulfone groups is 2. The molecule has 2 rings (SSSR count). The quantitative estimate of drug-likeness (QED) is 0.402. The molecule has 0 aromatic heterocycles. The molecule has 2 aromatic rings. The molecule has 15 heteroatoms. The Morgan fingerprint density at radius 3 is 1.17 bits per heavy atom. The van der Waals surface area contributed by atoms with Crippen LogP contribution in [-0.4, -0.2) is 55.9 Å². The van der Waals surface area contributed by atoms with Crippen LogP contribution in [0, 0.1) is 5.41 Å². The van der Waals surface area contributed by atoms with Crippen molar-refractivity contribution in [3.05, 3.63) is 48.5 Å². The summed E-state index contributed by atoms with van der Waals surface area (Å²) in [4.78, 5) is -3.32. The van der Waals surface area contributed by atoms with E-state index in [2.05, 4.69) is 0 Å². The smallest absolute Gasteiger partial charge is 0.281 e. The zero-order chi connectivity index (χ0) is 23.1. The topological polar surface area (TPSA) is 190 Å². The van der Waals surface area contributed by atoms with Crippen LogP contribution in [0.2, 0.25) is 0 Å². The minimum atomic E-state index is -5.26. The van der Waals surface area contributed by atoms with E-state index in [9.17, 15) is 33.7 Å². The second-order valence-corrected chi connectivity index (χ2v) is 13.7. The van der Waals surface area contributed by atoms with E-state index in [4.69, 9.17) is 11.1 Å². The van der Waals surface area contributed by atoms with Crippen molar-refractivity contribution in [2.45, 2.75) is 19.6 Å². The summed E-state index contributed by atoms with van der Waals surface area (Å²) < 4.78 is 100. The fraction of sp³-hybridized carbons (Fsp3) is 0.133. The van der Waals surface area contributed by atoms with Gasteiger partial charge in [0.25, 0.3) is 20.0 Å². The number of sulfonamides is 2. The van der Waals surface area contributed by atoms with Crippen molar-refractivity contribution in [1.82, 2.24) is 3.71 Å². The van der Waals surface area contributed by atoms with E-state index >= 15 is 0 Å². The monoisotopic (exact) mass is 495 g/mol. The molecule has 0 fully saturated rings. The average molecular weight is 496 g/mol. The van der Waals surface area contributed by atoms with Gasteiger partial charge in [0.1, 0.15) is 9.79 Å². The highest BCUT2D eigenvalue weighted by Gasteiger charge is 2.42. The molecule has 0 aliphatic carbocycles. The van der Waals surface area contributed by atoms with E-state index in [0.717, 1.165) is 36.4 Å². The predicted molar refractivity (Wildman–Crippen MR) is 107 cm³/mol. The summed E-state index contributed by atoms with van der Waals surface area (Å²) in [5.41, 5.74) is 5.25. The lowest BCUT2D eigenvalue weighted by Gasteiger charge is -2.23. The van der Waals surface area contributed by atoms with Crippen molar-refractivity contribution in [3.8, 4) is 0 Å². The van der Waals surface area contributed by atoms with Crippen LogP contribution in [0.25, 0.3) is 0 Å². The Balaban J connectivity index is 2.91. The largest absolute Gasteiger partial charge is 0.368 e. The summed E-state index contributed by atoms with van der Waals surface area (Å²) in [6.45, 7) is 0. The number of hydrogen-bond acceptors (Lipinski definition) is 9. The lowest BCUT2D eigenvalue weighted by Crippen LogP contribution is -2.45. The number of nitrogens with two attached hydrogens (primary N) is 1. The second kappa shape index (κ2) is 7.64. The molecule has 0 unspecified atom stereocenters. The van der Waals surface area contributed by atoms with Crippen molar-refractivity contribution in [3.63, 3.8) is 0 Å². The molecule has 0 atom stereocenters. The second-order valence-electron chi connectivity index (χ2n) is 6.03. The highest BCUT2D eigenvalue weighted by molar-refractivity contribution is 8.05. The highest BCUT2D eigenvalue weighted by Crippen LogP contribution is 2.31. The van der Waals surface area contributed by atoms with Gasteiger partial charge in [0.2, 0.25) is 5.96 Å². The predicted octanol–water partition coefficient (Wildman–Crippen LogP) is -0.233. The third kappa shape index (κ3) is 4.33. The van der Waals surface area contributed by atoms with E-state index in [0.29, 0.717) is 12.5 Å². The van der Waals surface area contributed by atoms with Crippen LogP contribution in [0.15, 0.2) is 68.1 Å². The SMILES string of the molecule is CS(=O)(=O)c1ccccc1S(=O)(=O)N(C(=N)N)S(=O)(=O)c1ccccc1S(C)(=O)=O. The van der Waals surface area contributed by atoms with Crippen LogP contribution >= 0.6 is 0 Å². The lowest BCUT2D eigenvalue weighted by atomic mass is 10.4. The van der Waals surface area contributed by atoms with E-state index in [1.165, 1.54) is 12.1 Å². The number of nitrogens with zero attached hydrogens (tertiary/aromatic N) is 1. The van der Waals surface area contributed by atoms with Crippen LogP contribution in [0.4, 0.5) is 0 Å². The molecule has 0 spiro atoms. The zero-order valence-electron chi connectivity index (χ0n) is 15.5. The molecule has 164 valence electrons. The third-order valence-electron chi connectivity index (χ3n) is 3.69. The maximum Gasteiger partial charge on any atom is 0.281 e. The average Bonchev–Trinajstić information content (AvgIpc) is 2.59. The first-order valence-corrected chi connectivity index (χ1v) is 14.4. The van der Waals surface area contributed by atoms with E-state index in [1.807, 2.05) is 0 Å². The van der Waals surface area contributed by atoms with Gasteiger partial charge < -0.3 is 5.73 Å². The van der Waals surface area contributed by atoms with Crippen LogP contribution in [-0.2, 0) is 39.7 Å². The number of guanidine groups is 1. The fourth-order valence-electron chi connectivity index (χ4n) is 2.51.